The minimum Gasteiger partial charge on any atom is -0.469 e. The lowest BCUT2D eigenvalue weighted by atomic mass is 10.1. The third kappa shape index (κ3) is 8.13. The molecule has 0 aliphatic carbocycles. The molecule has 1 heterocycles. The molecule has 0 radical (unpaired) electrons. The maximum atomic E-state index is 13.6. The number of benzene rings is 1. The van der Waals surface area contributed by atoms with E-state index >= 15 is 0 Å². The van der Waals surface area contributed by atoms with Gasteiger partial charge in [0, 0.05) is 26.6 Å². The number of aliphatic imine (C=N–C) groups is 1. The molecule has 0 fully saturated rings. The average Bonchev–Trinajstić information content (AvgIpc) is 3.11. The van der Waals surface area contributed by atoms with Crippen molar-refractivity contribution in [3.05, 3.63) is 59.6 Å². The van der Waals surface area contributed by atoms with Gasteiger partial charge in [0.1, 0.15) is 17.4 Å². The van der Waals surface area contributed by atoms with Crippen LogP contribution in [0.1, 0.15) is 11.3 Å². The highest BCUT2D eigenvalue weighted by Gasteiger charge is 2.05. The molecule has 2 rings (SSSR count). The first-order valence-electron chi connectivity index (χ1n) is 8.16. The van der Waals surface area contributed by atoms with Gasteiger partial charge in [-0.25, -0.2) is 8.78 Å². The van der Waals surface area contributed by atoms with Crippen LogP contribution in [0.25, 0.3) is 0 Å². The summed E-state index contributed by atoms with van der Waals surface area (Å²) in [6.45, 7) is 2.07. The van der Waals surface area contributed by atoms with Crippen molar-refractivity contribution in [2.24, 2.45) is 4.99 Å². The van der Waals surface area contributed by atoms with Gasteiger partial charge in [0.15, 0.2) is 5.96 Å². The summed E-state index contributed by atoms with van der Waals surface area (Å²) in [6.07, 6.45) is 2.71. The molecule has 0 aliphatic heterocycles. The number of rotatable bonds is 9. The van der Waals surface area contributed by atoms with E-state index in [2.05, 4.69) is 15.6 Å². The molecule has 144 valence electrons. The van der Waals surface area contributed by atoms with Crippen molar-refractivity contribution < 1.29 is 17.9 Å². The molecule has 2 N–H and O–H groups in total. The highest BCUT2D eigenvalue weighted by atomic mass is 127. The maximum absolute atomic E-state index is 13.6. The van der Waals surface area contributed by atoms with E-state index in [1.807, 2.05) is 12.1 Å². The predicted molar refractivity (Wildman–Crippen MR) is 108 cm³/mol. The number of hydrogen-bond donors (Lipinski definition) is 2. The second-order valence-corrected chi connectivity index (χ2v) is 5.39. The van der Waals surface area contributed by atoms with E-state index in [1.165, 1.54) is 6.07 Å². The Labute approximate surface area is 169 Å². The van der Waals surface area contributed by atoms with E-state index in [9.17, 15) is 8.78 Å². The molecule has 5 nitrogen and oxygen atoms in total. The van der Waals surface area contributed by atoms with Crippen molar-refractivity contribution in [2.45, 2.75) is 12.8 Å². The Morgan fingerprint density at radius 1 is 1.15 bits per heavy atom. The fourth-order valence-electron chi connectivity index (χ4n) is 2.23. The summed E-state index contributed by atoms with van der Waals surface area (Å²) in [5.74, 6) is 0.625. The van der Waals surface area contributed by atoms with E-state index < -0.39 is 11.6 Å². The topological polar surface area (TPSA) is 58.8 Å². The van der Waals surface area contributed by atoms with Crippen LogP contribution in [0.5, 0.6) is 0 Å². The van der Waals surface area contributed by atoms with Gasteiger partial charge in [-0.15, -0.1) is 24.0 Å². The van der Waals surface area contributed by atoms with Gasteiger partial charge in [-0.2, -0.15) is 0 Å². The molecule has 0 atom stereocenters. The SMILES string of the molecule is COCCN=C(NCCc1ccco1)NCCc1cc(F)ccc1F.I. The number of hydrogen-bond acceptors (Lipinski definition) is 3. The summed E-state index contributed by atoms with van der Waals surface area (Å²) in [6, 6.07) is 7.21. The Morgan fingerprint density at radius 2 is 1.92 bits per heavy atom. The molecule has 0 saturated heterocycles. The lowest BCUT2D eigenvalue weighted by Crippen LogP contribution is -2.39. The van der Waals surface area contributed by atoms with Crippen molar-refractivity contribution in [3.63, 3.8) is 0 Å². The number of halogens is 3. The molecule has 26 heavy (non-hydrogen) atoms. The van der Waals surface area contributed by atoms with Crippen LogP contribution in [-0.2, 0) is 17.6 Å². The van der Waals surface area contributed by atoms with Gasteiger partial charge in [0.05, 0.1) is 19.4 Å². The van der Waals surface area contributed by atoms with Crippen LogP contribution in [0.3, 0.4) is 0 Å². The molecule has 2 aromatic rings. The van der Waals surface area contributed by atoms with Gasteiger partial charge >= 0.3 is 0 Å². The molecule has 0 bridgehead atoms. The largest absolute Gasteiger partial charge is 0.469 e. The van der Waals surface area contributed by atoms with Gasteiger partial charge in [-0.3, -0.25) is 4.99 Å². The Morgan fingerprint density at radius 3 is 2.62 bits per heavy atom. The number of nitrogens with one attached hydrogen (secondary N) is 2. The molecule has 1 aromatic carbocycles. The van der Waals surface area contributed by atoms with Crippen molar-refractivity contribution in [1.29, 1.82) is 0 Å². The van der Waals surface area contributed by atoms with Crippen LogP contribution in [0.2, 0.25) is 0 Å². The quantitative estimate of drug-likeness (QED) is 0.251. The van der Waals surface area contributed by atoms with Crippen LogP contribution in [0.15, 0.2) is 46.0 Å². The molecule has 8 heteroatoms. The third-order valence-electron chi connectivity index (χ3n) is 3.50. The minimum atomic E-state index is -0.443. The molecule has 0 aliphatic rings. The molecule has 0 amide bonds. The highest BCUT2D eigenvalue weighted by Crippen LogP contribution is 2.09. The predicted octanol–water partition coefficient (Wildman–Crippen LogP) is 3.14. The zero-order valence-electron chi connectivity index (χ0n) is 14.6. The Bertz CT molecular complexity index is 666. The molecular weight excluding hydrogens is 455 g/mol. The van der Waals surface area contributed by atoms with Crippen LogP contribution in [-0.4, -0.2) is 39.3 Å². The summed E-state index contributed by atoms with van der Waals surface area (Å²) in [5, 5.41) is 6.30. The number of furan rings is 1. The fraction of sp³-hybridized carbons (Fsp3) is 0.389. The second-order valence-electron chi connectivity index (χ2n) is 5.39. The summed E-state index contributed by atoms with van der Waals surface area (Å²) < 4.78 is 37.1. The number of nitrogens with zero attached hydrogens (tertiary/aromatic N) is 1. The third-order valence-corrected chi connectivity index (χ3v) is 3.50. The molecule has 1 aromatic heterocycles. The first-order chi connectivity index (χ1) is 12.2. The summed E-state index contributed by atoms with van der Waals surface area (Å²) >= 11 is 0. The normalized spacial score (nSPS) is 11.1. The number of guanidine groups is 1. The Balaban J connectivity index is 0.00000338. The maximum Gasteiger partial charge on any atom is 0.191 e. The van der Waals surface area contributed by atoms with Gasteiger partial charge in [-0.1, -0.05) is 0 Å². The summed E-state index contributed by atoms with van der Waals surface area (Å²) in [4.78, 5) is 4.37. The monoisotopic (exact) mass is 479 g/mol. The lowest BCUT2D eigenvalue weighted by molar-refractivity contribution is 0.208. The fourth-order valence-corrected chi connectivity index (χ4v) is 2.23. The molecule has 0 unspecified atom stereocenters. The molecule has 0 saturated carbocycles. The van der Waals surface area contributed by atoms with Gasteiger partial charge < -0.3 is 19.8 Å². The number of ether oxygens (including phenoxy) is 1. The molecular formula is C18H24F2IN3O2. The van der Waals surface area contributed by atoms with Crippen LogP contribution in [0, 0.1) is 11.6 Å². The average molecular weight is 479 g/mol. The van der Waals surface area contributed by atoms with E-state index in [-0.39, 0.29) is 24.0 Å². The van der Waals surface area contributed by atoms with Crippen molar-refractivity contribution in [1.82, 2.24) is 10.6 Å². The standard InChI is InChI=1S/C18H23F2N3O2.HI/c1-24-12-10-23-18(22-9-7-16-3-2-11-25-16)21-8-6-14-13-15(19)4-5-17(14)20;/h2-5,11,13H,6-10,12H2,1H3,(H2,21,22,23);1H. The first kappa shape index (κ1) is 22.4. The van der Waals surface area contributed by atoms with Gasteiger partial charge in [0.25, 0.3) is 0 Å². The van der Waals surface area contributed by atoms with Crippen molar-refractivity contribution in [2.75, 3.05) is 33.4 Å². The van der Waals surface area contributed by atoms with E-state index in [0.717, 1.165) is 24.3 Å². The van der Waals surface area contributed by atoms with Gasteiger partial charge in [-0.05, 0) is 42.3 Å². The van der Waals surface area contributed by atoms with E-state index in [0.29, 0.717) is 44.2 Å². The Kier molecular flexibility index (Phi) is 10.9. The zero-order chi connectivity index (χ0) is 17.9. The lowest BCUT2D eigenvalue weighted by Gasteiger charge is -2.12. The zero-order valence-corrected chi connectivity index (χ0v) is 17.0. The Hall–Kier alpha value is -1.68. The highest BCUT2D eigenvalue weighted by molar-refractivity contribution is 14.0. The van der Waals surface area contributed by atoms with E-state index in [4.69, 9.17) is 9.15 Å². The second kappa shape index (κ2) is 12.6. The summed E-state index contributed by atoms with van der Waals surface area (Å²) in [5.41, 5.74) is 0.333. The minimum absolute atomic E-state index is 0. The van der Waals surface area contributed by atoms with Crippen LogP contribution < -0.4 is 10.6 Å². The first-order valence-corrected chi connectivity index (χ1v) is 8.16. The molecule has 0 spiro atoms. The van der Waals surface area contributed by atoms with E-state index in [1.54, 1.807) is 13.4 Å². The summed E-state index contributed by atoms with van der Waals surface area (Å²) in [7, 11) is 1.61. The van der Waals surface area contributed by atoms with Crippen molar-refractivity contribution >= 4 is 29.9 Å². The number of methoxy groups -OCH3 is 1. The van der Waals surface area contributed by atoms with Crippen LogP contribution >= 0.6 is 24.0 Å². The van der Waals surface area contributed by atoms with Gasteiger partial charge in [0.2, 0.25) is 0 Å². The smallest absolute Gasteiger partial charge is 0.191 e. The van der Waals surface area contributed by atoms with Crippen molar-refractivity contribution in [3.8, 4) is 0 Å². The van der Waals surface area contributed by atoms with Crippen LogP contribution in [0.4, 0.5) is 8.78 Å².